The molecule has 7 heteroatoms. The molecular weight excluding hydrogens is 687 g/mol. The molecule has 0 amide bonds. The fraction of sp³-hybridized carbons (Fsp3) is 0.833. The minimum absolute atomic E-state index is 0.0122. The van der Waals surface area contributed by atoms with Crippen molar-refractivity contribution in [2.75, 3.05) is 32.8 Å². The smallest absolute Gasteiger partial charge is 0.306 e. The SMILES string of the molecule is C=C=C=C=CC(CCCCC)CC(=O)OCCCCCCCCC(CCCCCCCCOC(=O)CC(C)CCCCC)OC(=O)CCCCN1CCCC1. The Labute approximate surface area is 338 Å². The summed E-state index contributed by atoms with van der Waals surface area (Å²) in [5, 5.41) is 0. The van der Waals surface area contributed by atoms with Gasteiger partial charge in [-0.3, -0.25) is 14.4 Å². The average Bonchev–Trinajstić information content (AvgIpc) is 3.69. The van der Waals surface area contributed by atoms with Crippen molar-refractivity contribution in [2.45, 2.75) is 213 Å². The highest BCUT2D eigenvalue weighted by Gasteiger charge is 2.16. The van der Waals surface area contributed by atoms with Gasteiger partial charge in [-0.15, -0.1) is 0 Å². The van der Waals surface area contributed by atoms with E-state index in [1.807, 2.05) is 6.08 Å². The van der Waals surface area contributed by atoms with Gasteiger partial charge in [-0.1, -0.05) is 129 Å². The normalized spacial score (nSPS) is 14.3. The second-order valence-electron chi connectivity index (χ2n) is 16.3. The van der Waals surface area contributed by atoms with Gasteiger partial charge >= 0.3 is 17.9 Å². The Morgan fingerprint density at radius 1 is 0.636 bits per heavy atom. The largest absolute Gasteiger partial charge is 0.466 e. The van der Waals surface area contributed by atoms with Gasteiger partial charge in [0.05, 0.1) is 19.6 Å². The van der Waals surface area contributed by atoms with Crippen molar-refractivity contribution in [1.82, 2.24) is 4.90 Å². The maximum absolute atomic E-state index is 12.8. The van der Waals surface area contributed by atoms with Crippen LogP contribution >= 0.6 is 0 Å². The zero-order valence-corrected chi connectivity index (χ0v) is 36.0. The fourth-order valence-corrected chi connectivity index (χ4v) is 7.43. The van der Waals surface area contributed by atoms with Crippen LogP contribution in [-0.4, -0.2) is 61.8 Å². The Morgan fingerprint density at radius 3 is 1.75 bits per heavy atom. The van der Waals surface area contributed by atoms with Crippen LogP contribution in [0.5, 0.6) is 0 Å². The summed E-state index contributed by atoms with van der Waals surface area (Å²) in [4.78, 5) is 39.9. The first kappa shape index (κ1) is 50.5. The van der Waals surface area contributed by atoms with Crippen molar-refractivity contribution in [3.8, 4) is 0 Å². The molecule has 0 aliphatic carbocycles. The first-order valence-corrected chi connectivity index (χ1v) is 23.0. The number of hydrogen-bond acceptors (Lipinski definition) is 7. The van der Waals surface area contributed by atoms with E-state index in [9.17, 15) is 14.4 Å². The molecule has 0 radical (unpaired) electrons. The molecule has 1 heterocycles. The second kappa shape index (κ2) is 37.1. The molecule has 1 fully saturated rings. The molecule has 1 aliphatic heterocycles. The van der Waals surface area contributed by atoms with Gasteiger partial charge in [-0.2, -0.15) is 0 Å². The van der Waals surface area contributed by atoms with E-state index in [4.69, 9.17) is 14.2 Å². The molecule has 0 aromatic heterocycles. The lowest BCUT2D eigenvalue weighted by atomic mass is 9.98. The molecule has 316 valence electrons. The van der Waals surface area contributed by atoms with Gasteiger partial charge in [0.25, 0.3) is 0 Å². The zero-order valence-electron chi connectivity index (χ0n) is 36.0. The van der Waals surface area contributed by atoms with E-state index in [2.05, 4.69) is 49.4 Å². The number of likely N-dealkylation sites (tertiary alicyclic amines) is 1. The number of esters is 3. The number of hydrogen-bond donors (Lipinski definition) is 0. The van der Waals surface area contributed by atoms with Gasteiger partial charge in [0, 0.05) is 12.8 Å². The number of ether oxygens (including phenoxy) is 3. The Morgan fingerprint density at radius 2 is 1.16 bits per heavy atom. The van der Waals surface area contributed by atoms with E-state index in [0.29, 0.717) is 38.4 Å². The van der Waals surface area contributed by atoms with Crippen molar-refractivity contribution >= 4 is 17.9 Å². The number of unbranched alkanes of at least 4 members (excludes halogenated alkanes) is 15. The maximum atomic E-state index is 12.8. The lowest BCUT2D eigenvalue weighted by Crippen LogP contribution is -2.21. The van der Waals surface area contributed by atoms with Crippen LogP contribution in [0.4, 0.5) is 0 Å². The van der Waals surface area contributed by atoms with E-state index in [1.54, 1.807) is 0 Å². The molecule has 0 aromatic carbocycles. The first-order valence-electron chi connectivity index (χ1n) is 23.0. The molecule has 0 bridgehead atoms. The predicted molar refractivity (Wildman–Crippen MR) is 227 cm³/mol. The van der Waals surface area contributed by atoms with Crippen molar-refractivity contribution < 1.29 is 28.6 Å². The Hall–Kier alpha value is -2.55. The third-order valence-corrected chi connectivity index (χ3v) is 10.9. The minimum Gasteiger partial charge on any atom is -0.466 e. The van der Waals surface area contributed by atoms with Crippen molar-refractivity contribution in [2.24, 2.45) is 11.8 Å². The summed E-state index contributed by atoms with van der Waals surface area (Å²) in [5.41, 5.74) is 8.25. The number of rotatable bonds is 37. The lowest BCUT2D eigenvalue weighted by molar-refractivity contribution is -0.150. The third-order valence-electron chi connectivity index (χ3n) is 10.9. The molecule has 0 spiro atoms. The van der Waals surface area contributed by atoms with Crippen LogP contribution in [-0.2, 0) is 28.6 Å². The van der Waals surface area contributed by atoms with E-state index in [1.165, 1.54) is 45.2 Å². The van der Waals surface area contributed by atoms with E-state index >= 15 is 0 Å². The average molecular weight is 770 g/mol. The third kappa shape index (κ3) is 32.3. The van der Waals surface area contributed by atoms with Gasteiger partial charge in [0.1, 0.15) is 6.10 Å². The maximum Gasteiger partial charge on any atom is 0.306 e. The van der Waals surface area contributed by atoms with Crippen LogP contribution in [0.25, 0.3) is 0 Å². The fourth-order valence-electron chi connectivity index (χ4n) is 7.43. The van der Waals surface area contributed by atoms with Crippen LogP contribution in [0.15, 0.2) is 29.8 Å². The molecule has 0 saturated carbocycles. The topological polar surface area (TPSA) is 82.1 Å². The Balaban J connectivity index is 2.28. The van der Waals surface area contributed by atoms with Crippen molar-refractivity contribution in [1.29, 1.82) is 0 Å². The standard InChI is InChI=1S/C48H83NO6/c1-5-8-19-30-43(4)41-47(51)53-39-28-17-13-11-15-22-33-45(55-46(50)35-24-25-36-49-37-26-27-38-49)34-23-16-12-14-18-29-40-54-48(52)42-44(31-20-9-6-2)32-21-10-7-3/h31,43-45H,2,5,7-8,10-19,21-30,32-42H2,1,3-4H3. The zero-order chi connectivity index (χ0) is 40.0. The molecule has 0 aromatic rings. The summed E-state index contributed by atoms with van der Waals surface area (Å²) in [6, 6.07) is 0. The second-order valence-corrected chi connectivity index (χ2v) is 16.3. The van der Waals surface area contributed by atoms with E-state index in [0.717, 1.165) is 141 Å². The molecule has 55 heavy (non-hydrogen) atoms. The summed E-state index contributed by atoms with van der Waals surface area (Å²) < 4.78 is 17.1. The summed E-state index contributed by atoms with van der Waals surface area (Å²) >= 11 is 0. The van der Waals surface area contributed by atoms with Crippen LogP contribution in [0, 0.1) is 11.8 Å². The summed E-state index contributed by atoms with van der Waals surface area (Å²) in [7, 11) is 0. The number of carbonyl (C=O) groups excluding carboxylic acids is 3. The van der Waals surface area contributed by atoms with Gasteiger partial charge in [-0.05, 0) is 120 Å². The molecule has 3 unspecified atom stereocenters. The molecule has 1 aliphatic rings. The quantitative estimate of drug-likeness (QED) is 0.0269. The molecule has 1 rings (SSSR count). The predicted octanol–water partition coefficient (Wildman–Crippen LogP) is 12.6. The molecule has 0 N–H and O–H groups in total. The minimum atomic E-state index is -0.134. The van der Waals surface area contributed by atoms with Crippen LogP contribution in [0.2, 0.25) is 0 Å². The molecule has 7 nitrogen and oxygen atoms in total. The van der Waals surface area contributed by atoms with Gasteiger partial charge in [0.15, 0.2) is 0 Å². The summed E-state index contributed by atoms with van der Waals surface area (Å²) in [6.45, 7) is 14.6. The molecule has 1 saturated heterocycles. The van der Waals surface area contributed by atoms with Gasteiger partial charge in [-0.25, -0.2) is 0 Å². The first-order chi connectivity index (χ1) is 26.9. The summed E-state index contributed by atoms with van der Waals surface area (Å²) in [6.07, 6.45) is 31.9. The van der Waals surface area contributed by atoms with Crippen LogP contribution in [0.1, 0.15) is 207 Å². The monoisotopic (exact) mass is 770 g/mol. The highest BCUT2D eigenvalue weighted by atomic mass is 16.5. The number of carbonyl (C=O) groups is 3. The van der Waals surface area contributed by atoms with Crippen LogP contribution in [0.3, 0.4) is 0 Å². The van der Waals surface area contributed by atoms with E-state index < -0.39 is 0 Å². The molecular formula is C48H83NO6. The van der Waals surface area contributed by atoms with Gasteiger partial charge < -0.3 is 19.1 Å². The Kier molecular flexibility index (Phi) is 34.0. The van der Waals surface area contributed by atoms with E-state index in [-0.39, 0.29) is 29.9 Å². The summed E-state index contributed by atoms with van der Waals surface area (Å²) in [5.74, 6) is 0.324. The Bertz CT molecular complexity index is 1080. The van der Waals surface area contributed by atoms with Gasteiger partial charge in [0.2, 0.25) is 0 Å². The number of nitrogens with zero attached hydrogens (tertiary/aromatic N) is 1. The molecule has 3 atom stereocenters. The van der Waals surface area contributed by atoms with Crippen molar-refractivity contribution in [3.63, 3.8) is 0 Å². The highest BCUT2D eigenvalue weighted by molar-refractivity contribution is 5.70. The van der Waals surface area contributed by atoms with Crippen LogP contribution < -0.4 is 0 Å². The van der Waals surface area contributed by atoms with Crippen molar-refractivity contribution in [3.05, 3.63) is 29.8 Å². The highest BCUT2D eigenvalue weighted by Crippen LogP contribution is 2.20. The number of allylic oxidation sites excluding steroid dienone is 1. The lowest BCUT2D eigenvalue weighted by Gasteiger charge is -2.19.